The molecule has 2 fully saturated rings. The van der Waals surface area contributed by atoms with Crippen molar-refractivity contribution in [3.63, 3.8) is 0 Å². The van der Waals surface area contributed by atoms with Gasteiger partial charge in [-0.05, 0) is 78.8 Å². The molecule has 2 aliphatic carbocycles. The molecular formula is C37H48ClN3O6. The van der Waals surface area contributed by atoms with Gasteiger partial charge in [-0.2, -0.15) is 0 Å². The molecule has 0 bridgehead atoms. The Morgan fingerprint density at radius 3 is 2.40 bits per heavy atom. The van der Waals surface area contributed by atoms with Crippen LogP contribution in [0.4, 0.5) is 4.79 Å². The van der Waals surface area contributed by atoms with Crippen molar-refractivity contribution in [3.8, 4) is 0 Å². The fourth-order valence-corrected chi connectivity index (χ4v) is 7.67. The van der Waals surface area contributed by atoms with Crippen molar-refractivity contribution in [1.82, 2.24) is 16.0 Å². The topological polar surface area (TPSA) is 123 Å². The second-order valence-corrected chi connectivity index (χ2v) is 14.4. The maximum absolute atomic E-state index is 13.9. The van der Waals surface area contributed by atoms with Gasteiger partial charge in [-0.3, -0.25) is 9.59 Å². The summed E-state index contributed by atoms with van der Waals surface area (Å²) >= 11 is 6.40. The summed E-state index contributed by atoms with van der Waals surface area (Å²) in [5.74, 6) is -1.43. The molecule has 2 aromatic carbocycles. The Morgan fingerprint density at radius 1 is 0.936 bits per heavy atom. The van der Waals surface area contributed by atoms with Crippen LogP contribution in [0.5, 0.6) is 0 Å². The van der Waals surface area contributed by atoms with Crippen molar-refractivity contribution in [2.45, 2.75) is 108 Å². The molecule has 9 nitrogen and oxygen atoms in total. The number of carbonyl (C=O) groups excluding carboxylic acids is 4. The minimum absolute atomic E-state index is 0.124. The van der Waals surface area contributed by atoms with Crippen LogP contribution in [0.15, 0.2) is 42.5 Å². The average Bonchev–Trinajstić information content (AvgIpc) is 3.71. The van der Waals surface area contributed by atoms with E-state index in [4.69, 9.17) is 21.1 Å². The second kappa shape index (κ2) is 15.5. The lowest BCUT2D eigenvalue weighted by Crippen LogP contribution is -2.53. The first-order valence-corrected chi connectivity index (χ1v) is 17.4. The lowest BCUT2D eigenvalue weighted by atomic mass is 9.76. The highest BCUT2D eigenvalue weighted by Gasteiger charge is 2.39. The SMILES string of the molecule is COC(=O)[C@H](C[C@@H]1CCNC1=O)NC(=O)[C@H](CC1CCCCC1)NC(=O)OC(c1ccc2c(c1)CCC2)C(C)(C)c1cccc(Cl)c1. The van der Waals surface area contributed by atoms with Crippen molar-refractivity contribution >= 4 is 35.5 Å². The molecule has 2 aromatic rings. The van der Waals surface area contributed by atoms with Crippen LogP contribution in [-0.2, 0) is 42.1 Å². The van der Waals surface area contributed by atoms with E-state index in [9.17, 15) is 19.2 Å². The zero-order chi connectivity index (χ0) is 33.6. The van der Waals surface area contributed by atoms with Crippen molar-refractivity contribution in [3.05, 3.63) is 69.7 Å². The number of nitrogens with one attached hydrogen (secondary N) is 3. The number of methoxy groups -OCH3 is 1. The van der Waals surface area contributed by atoms with Gasteiger partial charge < -0.3 is 25.4 Å². The Kier molecular flexibility index (Phi) is 11.5. The minimum Gasteiger partial charge on any atom is -0.467 e. The van der Waals surface area contributed by atoms with Gasteiger partial charge in [-0.25, -0.2) is 9.59 Å². The van der Waals surface area contributed by atoms with Crippen LogP contribution in [0.25, 0.3) is 0 Å². The quantitative estimate of drug-likeness (QED) is 0.236. The molecule has 1 heterocycles. The fraction of sp³-hybridized carbons (Fsp3) is 0.568. The van der Waals surface area contributed by atoms with E-state index in [1.54, 1.807) is 0 Å². The summed E-state index contributed by atoms with van der Waals surface area (Å²) in [6.07, 6.45) is 8.03. The van der Waals surface area contributed by atoms with Crippen molar-refractivity contribution in [2.75, 3.05) is 13.7 Å². The second-order valence-electron chi connectivity index (χ2n) is 13.9. The van der Waals surface area contributed by atoms with Crippen LogP contribution < -0.4 is 16.0 Å². The number of alkyl carbamates (subject to hydrolysis) is 1. The maximum atomic E-state index is 13.9. The van der Waals surface area contributed by atoms with Gasteiger partial charge in [0.05, 0.1) is 7.11 Å². The number of hydrogen-bond acceptors (Lipinski definition) is 6. The third-order valence-corrected chi connectivity index (χ3v) is 10.5. The summed E-state index contributed by atoms with van der Waals surface area (Å²) in [5.41, 5.74) is 3.69. The molecule has 0 aromatic heterocycles. The molecule has 1 saturated heterocycles. The monoisotopic (exact) mass is 665 g/mol. The minimum atomic E-state index is -1.02. The number of aryl methyl sites for hydroxylation is 2. The predicted octanol–water partition coefficient (Wildman–Crippen LogP) is 6.10. The molecular weight excluding hydrogens is 618 g/mol. The number of esters is 1. The molecule has 1 saturated carbocycles. The average molecular weight is 666 g/mol. The zero-order valence-corrected chi connectivity index (χ0v) is 28.5. The predicted molar refractivity (Wildman–Crippen MR) is 180 cm³/mol. The highest BCUT2D eigenvalue weighted by atomic mass is 35.5. The van der Waals surface area contributed by atoms with E-state index in [1.165, 1.54) is 18.2 Å². The molecule has 47 heavy (non-hydrogen) atoms. The van der Waals surface area contributed by atoms with E-state index in [0.29, 0.717) is 24.4 Å². The number of halogens is 1. The molecule has 3 N–H and O–H groups in total. The summed E-state index contributed by atoms with van der Waals surface area (Å²) in [4.78, 5) is 52.8. The highest BCUT2D eigenvalue weighted by Crippen LogP contribution is 2.42. The van der Waals surface area contributed by atoms with Crippen molar-refractivity contribution in [1.29, 1.82) is 0 Å². The van der Waals surface area contributed by atoms with Crippen LogP contribution in [0.3, 0.4) is 0 Å². The van der Waals surface area contributed by atoms with Gasteiger partial charge >= 0.3 is 12.1 Å². The van der Waals surface area contributed by atoms with E-state index in [0.717, 1.165) is 62.5 Å². The Bertz CT molecular complexity index is 1460. The van der Waals surface area contributed by atoms with Gasteiger partial charge in [0.2, 0.25) is 11.8 Å². The van der Waals surface area contributed by atoms with E-state index in [2.05, 4.69) is 28.1 Å². The number of amides is 3. The van der Waals surface area contributed by atoms with Gasteiger partial charge in [0.25, 0.3) is 0 Å². The highest BCUT2D eigenvalue weighted by molar-refractivity contribution is 6.30. The largest absolute Gasteiger partial charge is 0.467 e. The van der Waals surface area contributed by atoms with Crippen LogP contribution in [0, 0.1) is 11.8 Å². The first-order valence-electron chi connectivity index (χ1n) is 17.1. The Balaban J connectivity index is 1.38. The Labute approximate surface area is 282 Å². The van der Waals surface area contributed by atoms with Crippen LogP contribution >= 0.6 is 11.6 Å². The molecule has 0 spiro atoms. The molecule has 3 aliphatic rings. The molecule has 0 radical (unpaired) electrons. The number of carbonyl (C=O) groups is 4. The zero-order valence-electron chi connectivity index (χ0n) is 27.7. The molecule has 1 aliphatic heterocycles. The van der Waals surface area contributed by atoms with Gasteiger partial charge in [-0.1, -0.05) is 87.9 Å². The molecule has 254 valence electrons. The number of hydrogen-bond donors (Lipinski definition) is 3. The Hall–Kier alpha value is -3.59. The summed E-state index contributed by atoms with van der Waals surface area (Å²) in [6, 6.07) is 11.9. The molecule has 10 heteroatoms. The third-order valence-electron chi connectivity index (χ3n) is 10.3. The maximum Gasteiger partial charge on any atom is 0.408 e. The van der Waals surface area contributed by atoms with Gasteiger partial charge in [-0.15, -0.1) is 0 Å². The number of rotatable bonds is 12. The molecule has 3 amide bonds. The summed E-state index contributed by atoms with van der Waals surface area (Å²) in [6.45, 7) is 4.58. The smallest absolute Gasteiger partial charge is 0.408 e. The first-order chi connectivity index (χ1) is 22.5. The molecule has 1 unspecified atom stereocenters. The number of fused-ring (bicyclic) bond motifs is 1. The molecule has 5 rings (SSSR count). The number of ether oxygens (including phenoxy) is 2. The van der Waals surface area contributed by atoms with Crippen LogP contribution in [0.2, 0.25) is 5.02 Å². The fourth-order valence-electron chi connectivity index (χ4n) is 7.48. The molecule has 4 atom stereocenters. The van der Waals surface area contributed by atoms with E-state index in [1.807, 2.05) is 44.2 Å². The van der Waals surface area contributed by atoms with Crippen LogP contribution in [0.1, 0.15) is 100.0 Å². The lowest BCUT2D eigenvalue weighted by molar-refractivity contribution is -0.146. The lowest BCUT2D eigenvalue weighted by Gasteiger charge is -2.36. The Morgan fingerprint density at radius 2 is 1.70 bits per heavy atom. The summed E-state index contributed by atoms with van der Waals surface area (Å²) < 4.78 is 11.3. The summed E-state index contributed by atoms with van der Waals surface area (Å²) in [7, 11) is 1.26. The van der Waals surface area contributed by atoms with Gasteiger partial charge in [0.1, 0.15) is 18.2 Å². The normalized spacial score (nSPS) is 20.0. The van der Waals surface area contributed by atoms with Crippen molar-refractivity contribution in [2.24, 2.45) is 11.8 Å². The van der Waals surface area contributed by atoms with E-state index >= 15 is 0 Å². The summed E-state index contributed by atoms with van der Waals surface area (Å²) in [5, 5.41) is 9.06. The standard InChI is InChI=1S/C37H48ClN3O6/c1-37(2,28-13-8-14-29(38)22-28)32(26-16-15-24-11-7-12-25(24)20-26)47-36(45)41-30(19-23-9-5-4-6-10-23)34(43)40-31(35(44)46-3)21-27-17-18-39-33(27)42/h8,13-16,20,22-23,27,30-32H,4-7,9-12,17-19,21H2,1-3H3,(H,39,42)(H,40,43)(H,41,45)/t27-,30-,31-,32?/m0/s1. The third kappa shape index (κ3) is 8.66. The van der Waals surface area contributed by atoms with Crippen LogP contribution in [-0.4, -0.2) is 49.6 Å². The van der Waals surface area contributed by atoms with Gasteiger partial charge in [0, 0.05) is 22.9 Å². The van der Waals surface area contributed by atoms with Gasteiger partial charge in [0.15, 0.2) is 0 Å². The van der Waals surface area contributed by atoms with Crippen molar-refractivity contribution < 1.29 is 28.7 Å². The van der Waals surface area contributed by atoms with E-state index in [-0.39, 0.29) is 18.2 Å². The number of benzene rings is 2. The first kappa shape index (κ1) is 34.7. The van der Waals surface area contributed by atoms with E-state index < -0.39 is 47.5 Å².